The van der Waals surface area contributed by atoms with Crippen molar-refractivity contribution in [3.63, 3.8) is 0 Å². The highest BCUT2D eigenvalue weighted by Crippen LogP contribution is 2.10. The Hall–Kier alpha value is -0.120. The molecular formula is C7H14N2O. The molecule has 58 valence electrons. The standard InChI is InChI=1S/C7H14N2O/c1-2-4-9-5-8(3-1)6-10-7-9/h1-7H2. The second-order valence-corrected chi connectivity index (χ2v) is 3.10. The van der Waals surface area contributed by atoms with Crippen molar-refractivity contribution >= 4 is 0 Å². The van der Waals surface area contributed by atoms with Crippen LogP contribution in [0.1, 0.15) is 12.8 Å². The van der Waals surface area contributed by atoms with Crippen molar-refractivity contribution < 1.29 is 4.74 Å². The van der Waals surface area contributed by atoms with Gasteiger partial charge in [-0.05, 0) is 12.8 Å². The highest BCUT2D eigenvalue weighted by atomic mass is 16.5. The Labute approximate surface area is 61.6 Å². The maximum atomic E-state index is 5.37. The smallest absolute Gasteiger partial charge is 0.102 e. The first kappa shape index (κ1) is 6.58. The van der Waals surface area contributed by atoms with Crippen LogP contribution in [0, 0.1) is 0 Å². The second-order valence-electron chi connectivity index (χ2n) is 3.10. The monoisotopic (exact) mass is 142 g/mol. The highest BCUT2D eigenvalue weighted by Gasteiger charge is 2.19. The van der Waals surface area contributed by atoms with Crippen LogP contribution in [-0.4, -0.2) is 43.0 Å². The van der Waals surface area contributed by atoms with Gasteiger partial charge in [-0.3, -0.25) is 9.80 Å². The molecule has 0 amide bonds. The SMILES string of the molecule is C1CCN2COCN(C1)C2. The van der Waals surface area contributed by atoms with E-state index in [1.165, 1.54) is 25.9 Å². The highest BCUT2D eigenvalue weighted by molar-refractivity contribution is 4.65. The summed E-state index contributed by atoms with van der Waals surface area (Å²) >= 11 is 0. The van der Waals surface area contributed by atoms with E-state index in [2.05, 4.69) is 9.80 Å². The lowest BCUT2D eigenvalue weighted by molar-refractivity contribution is -0.102. The lowest BCUT2D eigenvalue weighted by Crippen LogP contribution is -2.44. The molecule has 2 unspecified atom stereocenters. The van der Waals surface area contributed by atoms with Crippen LogP contribution in [0.5, 0.6) is 0 Å². The van der Waals surface area contributed by atoms with Gasteiger partial charge in [-0.25, -0.2) is 0 Å². The molecule has 0 aromatic rings. The molecule has 0 saturated carbocycles. The summed E-state index contributed by atoms with van der Waals surface area (Å²) in [7, 11) is 0. The fourth-order valence-corrected chi connectivity index (χ4v) is 1.60. The zero-order chi connectivity index (χ0) is 6.81. The Morgan fingerprint density at radius 2 is 1.50 bits per heavy atom. The zero-order valence-corrected chi connectivity index (χ0v) is 6.25. The topological polar surface area (TPSA) is 15.7 Å². The first-order chi connectivity index (χ1) is 4.95. The van der Waals surface area contributed by atoms with Gasteiger partial charge in [0.1, 0.15) is 13.5 Å². The van der Waals surface area contributed by atoms with Gasteiger partial charge in [0.15, 0.2) is 0 Å². The van der Waals surface area contributed by atoms with E-state index < -0.39 is 0 Å². The van der Waals surface area contributed by atoms with E-state index in [9.17, 15) is 0 Å². The number of hydrogen-bond acceptors (Lipinski definition) is 3. The molecule has 2 atom stereocenters. The Morgan fingerprint density at radius 3 is 2.10 bits per heavy atom. The van der Waals surface area contributed by atoms with Crippen LogP contribution in [0.3, 0.4) is 0 Å². The number of nitrogens with zero attached hydrogens (tertiary/aromatic N) is 2. The van der Waals surface area contributed by atoms with Crippen molar-refractivity contribution in [2.75, 3.05) is 33.2 Å². The van der Waals surface area contributed by atoms with Gasteiger partial charge in [-0.1, -0.05) is 0 Å². The molecule has 2 aliphatic rings. The number of rotatable bonds is 0. The predicted octanol–water partition coefficient (Wildman–Crippen LogP) is 0.287. The van der Waals surface area contributed by atoms with E-state index in [0.717, 1.165) is 20.1 Å². The van der Waals surface area contributed by atoms with Crippen molar-refractivity contribution in [3.05, 3.63) is 0 Å². The van der Waals surface area contributed by atoms with Gasteiger partial charge in [-0.2, -0.15) is 0 Å². The minimum Gasteiger partial charge on any atom is -0.351 e. The molecule has 2 fully saturated rings. The minimum atomic E-state index is 0.844. The average Bonchev–Trinajstić information content (AvgIpc) is 2.12. The van der Waals surface area contributed by atoms with Crippen molar-refractivity contribution in [1.82, 2.24) is 9.80 Å². The maximum absolute atomic E-state index is 5.37. The maximum Gasteiger partial charge on any atom is 0.102 e. The predicted molar refractivity (Wildman–Crippen MR) is 38.3 cm³/mol. The van der Waals surface area contributed by atoms with Crippen LogP contribution < -0.4 is 0 Å². The molecule has 2 heterocycles. The summed E-state index contributed by atoms with van der Waals surface area (Å²) in [6.45, 7) is 5.25. The molecule has 2 saturated heterocycles. The van der Waals surface area contributed by atoms with Gasteiger partial charge < -0.3 is 4.74 Å². The largest absolute Gasteiger partial charge is 0.351 e. The first-order valence-corrected chi connectivity index (χ1v) is 3.97. The van der Waals surface area contributed by atoms with Crippen LogP contribution in [0.25, 0.3) is 0 Å². The summed E-state index contributed by atoms with van der Waals surface area (Å²) < 4.78 is 5.37. The van der Waals surface area contributed by atoms with E-state index in [1.54, 1.807) is 0 Å². The fraction of sp³-hybridized carbons (Fsp3) is 1.00. The zero-order valence-electron chi connectivity index (χ0n) is 6.25. The second kappa shape index (κ2) is 2.86. The molecule has 0 aliphatic carbocycles. The molecule has 2 aliphatic heterocycles. The van der Waals surface area contributed by atoms with Crippen LogP contribution in [0.2, 0.25) is 0 Å². The summed E-state index contributed by atoms with van der Waals surface area (Å²) in [6.07, 6.45) is 2.67. The third-order valence-electron chi connectivity index (χ3n) is 2.15. The third kappa shape index (κ3) is 1.31. The Bertz CT molecular complexity index is 106. The minimum absolute atomic E-state index is 0.844. The lowest BCUT2D eigenvalue weighted by atomic mass is 10.3. The average molecular weight is 142 g/mol. The lowest BCUT2D eigenvalue weighted by Gasteiger charge is -2.32. The van der Waals surface area contributed by atoms with Gasteiger partial charge in [0.2, 0.25) is 0 Å². The van der Waals surface area contributed by atoms with Gasteiger partial charge in [0.05, 0.1) is 6.67 Å². The van der Waals surface area contributed by atoms with E-state index in [0.29, 0.717) is 0 Å². The molecule has 0 N–H and O–H groups in total. The summed E-state index contributed by atoms with van der Waals surface area (Å²) in [5.41, 5.74) is 0. The van der Waals surface area contributed by atoms with Crippen molar-refractivity contribution in [1.29, 1.82) is 0 Å². The normalized spacial score (nSPS) is 40.8. The fourth-order valence-electron chi connectivity index (χ4n) is 1.60. The number of hydrogen-bond donors (Lipinski definition) is 0. The number of ether oxygens (including phenoxy) is 1. The summed E-state index contributed by atoms with van der Waals surface area (Å²) in [5.74, 6) is 0. The van der Waals surface area contributed by atoms with Gasteiger partial charge in [0, 0.05) is 13.1 Å². The Morgan fingerprint density at radius 1 is 0.900 bits per heavy atom. The molecule has 3 heteroatoms. The number of fused-ring (bicyclic) bond motifs is 2. The molecule has 0 radical (unpaired) electrons. The summed E-state index contributed by atoms with van der Waals surface area (Å²) in [4.78, 5) is 4.72. The molecule has 3 nitrogen and oxygen atoms in total. The molecule has 2 rings (SSSR count). The van der Waals surface area contributed by atoms with E-state index in [1.807, 2.05) is 0 Å². The van der Waals surface area contributed by atoms with E-state index >= 15 is 0 Å². The van der Waals surface area contributed by atoms with Gasteiger partial charge in [0.25, 0.3) is 0 Å². The van der Waals surface area contributed by atoms with Crippen LogP contribution in [0.15, 0.2) is 0 Å². The van der Waals surface area contributed by atoms with Crippen LogP contribution >= 0.6 is 0 Å². The molecule has 2 bridgehead atoms. The third-order valence-corrected chi connectivity index (χ3v) is 2.15. The summed E-state index contributed by atoms with van der Waals surface area (Å²) in [6, 6.07) is 0. The molecule has 0 aromatic carbocycles. The van der Waals surface area contributed by atoms with E-state index in [-0.39, 0.29) is 0 Å². The molecular weight excluding hydrogens is 128 g/mol. The van der Waals surface area contributed by atoms with Crippen molar-refractivity contribution in [2.24, 2.45) is 0 Å². The van der Waals surface area contributed by atoms with Crippen molar-refractivity contribution in [2.45, 2.75) is 12.8 Å². The quantitative estimate of drug-likeness (QED) is 0.483. The van der Waals surface area contributed by atoms with E-state index in [4.69, 9.17) is 4.74 Å². The van der Waals surface area contributed by atoms with Gasteiger partial charge in [-0.15, -0.1) is 0 Å². The van der Waals surface area contributed by atoms with Crippen LogP contribution in [0.4, 0.5) is 0 Å². The molecule has 10 heavy (non-hydrogen) atoms. The molecule has 0 spiro atoms. The van der Waals surface area contributed by atoms with Crippen molar-refractivity contribution in [3.8, 4) is 0 Å². The molecule has 0 aromatic heterocycles. The first-order valence-electron chi connectivity index (χ1n) is 3.97. The Kier molecular flexibility index (Phi) is 1.88. The van der Waals surface area contributed by atoms with Crippen LogP contribution in [-0.2, 0) is 4.74 Å². The van der Waals surface area contributed by atoms with Gasteiger partial charge >= 0.3 is 0 Å². The Balaban J connectivity index is 1.96. The summed E-state index contributed by atoms with van der Waals surface area (Å²) in [5, 5.41) is 0.